The van der Waals surface area contributed by atoms with Crippen LogP contribution in [0, 0.1) is 5.92 Å². The molecule has 1 amide bonds. The van der Waals surface area contributed by atoms with Gasteiger partial charge in [-0.25, -0.2) is 0 Å². The Morgan fingerprint density at radius 1 is 1.26 bits per heavy atom. The van der Waals surface area contributed by atoms with Crippen molar-refractivity contribution in [2.45, 2.75) is 44.1 Å². The third-order valence-electron chi connectivity index (χ3n) is 4.71. The van der Waals surface area contributed by atoms with E-state index in [1.807, 2.05) is 12.1 Å². The second kappa shape index (κ2) is 5.33. The molecule has 0 radical (unpaired) electrons. The van der Waals surface area contributed by atoms with Gasteiger partial charge in [0.1, 0.15) is 0 Å². The number of benzene rings is 1. The van der Waals surface area contributed by atoms with Crippen LogP contribution in [0.5, 0.6) is 0 Å². The van der Waals surface area contributed by atoms with Gasteiger partial charge >= 0.3 is 0 Å². The molecule has 3 nitrogen and oxygen atoms in total. The summed E-state index contributed by atoms with van der Waals surface area (Å²) >= 11 is 0. The lowest BCUT2D eigenvalue weighted by Crippen LogP contribution is -2.47. The maximum absolute atomic E-state index is 12.4. The molecule has 102 valence electrons. The summed E-state index contributed by atoms with van der Waals surface area (Å²) in [5.74, 6) is 0.730. The minimum Gasteiger partial charge on any atom is -0.353 e. The minimum atomic E-state index is 0.0663. The van der Waals surface area contributed by atoms with Crippen LogP contribution in [0.15, 0.2) is 24.3 Å². The highest BCUT2D eigenvalue weighted by Gasteiger charge is 2.34. The van der Waals surface area contributed by atoms with E-state index in [0.717, 1.165) is 19.3 Å². The zero-order valence-electron chi connectivity index (χ0n) is 11.3. The highest BCUT2D eigenvalue weighted by atomic mass is 16.2. The van der Waals surface area contributed by atoms with E-state index >= 15 is 0 Å². The second-order valence-electron chi connectivity index (χ2n) is 5.85. The predicted molar refractivity (Wildman–Crippen MR) is 75.8 cm³/mol. The second-order valence-corrected chi connectivity index (χ2v) is 5.85. The van der Waals surface area contributed by atoms with Crippen LogP contribution in [0.3, 0.4) is 0 Å². The van der Waals surface area contributed by atoms with Crippen LogP contribution in [0.2, 0.25) is 0 Å². The van der Waals surface area contributed by atoms with Crippen molar-refractivity contribution in [1.29, 1.82) is 0 Å². The van der Waals surface area contributed by atoms with E-state index in [0.29, 0.717) is 18.5 Å². The number of hydrogen-bond acceptors (Lipinski definition) is 2. The zero-order chi connectivity index (χ0) is 13.2. The van der Waals surface area contributed by atoms with Gasteiger partial charge in [0.2, 0.25) is 5.91 Å². The van der Waals surface area contributed by atoms with Crippen molar-refractivity contribution >= 4 is 5.91 Å². The van der Waals surface area contributed by atoms with E-state index in [1.54, 1.807) is 0 Å². The van der Waals surface area contributed by atoms with Gasteiger partial charge in [-0.15, -0.1) is 0 Å². The van der Waals surface area contributed by atoms with Crippen LogP contribution < -0.4 is 11.1 Å². The molecule has 1 aromatic rings. The molecule has 1 aromatic carbocycles. The standard InChI is InChI=1S/C16H22N2O/c17-10-12-6-2-4-8-15(12)18-16(19)14-9-11-5-1-3-7-13(11)14/h1,3,5,7,12,14-15H,2,4,6,8-10,17H2,(H,18,19). The molecule has 2 aliphatic rings. The molecular weight excluding hydrogens is 236 g/mol. The molecule has 3 rings (SSSR count). The van der Waals surface area contributed by atoms with Crippen molar-refractivity contribution in [1.82, 2.24) is 5.32 Å². The maximum Gasteiger partial charge on any atom is 0.228 e. The van der Waals surface area contributed by atoms with E-state index in [2.05, 4.69) is 17.4 Å². The summed E-state index contributed by atoms with van der Waals surface area (Å²) in [6.07, 6.45) is 5.59. The van der Waals surface area contributed by atoms with Gasteiger partial charge in [-0.05, 0) is 42.9 Å². The molecule has 0 aliphatic heterocycles. The fourth-order valence-corrected chi connectivity index (χ4v) is 3.46. The number of carbonyl (C=O) groups excluding carboxylic acids is 1. The summed E-state index contributed by atoms with van der Waals surface area (Å²) < 4.78 is 0. The number of hydrogen-bond donors (Lipinski definition) is 2. The van der Waals surface area contributed by atoms with E-state index in [9.17, 15) is 4.79 Å². The number of amides is 1. The molecule has 2 aliphatic carbocycles. The summed E-state index contributed by atoms with van der Waals surface area (Å²) in [4.78, 5) is 12.4. The first-order valence-electron chi connectivity index (χ1n) is 7.38. The Bertz CT molecular complexity index is 472. The number of nitrogens with one attached hydrogen (secondary N) is 1. The smallest absolute Gasteiger partial charge is 0.228 e. The van der Waals surface area contributed by atoms with Crippen molar-refractivity contribution in [3.8, 4) is 0 Å². The average Bonchev–Trinajstić information content (AvgIpc) is 2.41. The van der Waals surface area contributed by atoms with E-state index < -0.39 is 0 Å². The van der Waals surface area contributed by atoms with Crippen molar-refractivity contribution in [2.24, 2.45) is 11.7 Å². The molecule has 0 bridgehead atoms. The van der Waals surface area contributed by atoms with Gasteiger partial charge in [0.15, 0.2) is 0 Å². The minimum absolute atomic E-state index is 0.0663. The predicted octanol–water partition coefficient (Wildman–Crippen LogP) is 1.96. The highest BCUT2D eigenvalue weighted by molar-refractivity contribution is 5.87. The molecule has 3 atom stereocenters. The highest BCUT2D eigenvalue weighted by Crippen LogP contribution is 2.35. The normalized spacial score (nSPS) is 29.2. The van der Waals surface area contributed by atoms with Gasteiger partial charge in [-0.3, -0.25) is 4.79 Å². The SMILES string of the molecule is NCC1CCCCC1NC(=O)C1Cc2ccccc21. The lowest BCUT2D eigenvalue weighted by molar-refractivity contribution is -0.124. The quantitative estimate of drug-likeness (QED) is 0.870. The van der Waals surface area contributed by atoms with Crippen LogP contribution in [0.25, 0.3) is 0 Å². The van der Waals surface area contributed by atoms with Crippen LogP contribution in [0.1, 0.15) is 42.7 Å². The maximum atomic E-state index is 12.4. The first-order valence-corrected chi connectivity index (χ1v) is 7.38. The summed E-state index contributed by atoms with van der Waals surface area (Å²) in [6.45, 7) is 0.687. The molecule has 3 N–H and O–H groups in total. The Hall–Kier alpha value is -1.35. The van der Waals surface area contributed by atoms with Crippen LogP contribution in [0.4, 0.5) is 0 Å². The fourth-order valence-electron chi connectivity index (χ4n) is 3.46. The van der Waals surface area contributed by atoms with E-state index in [1.165, 1.54) is 24.0 Å². The summed E-state index contributed by atoms with van der Waals surface area (Å²) in [6, 6.07) is 8.53. The molecule has 3 unspecified atom stereocenters. The number of rotatable bonds is 3. The van der Waals surface area contributed by atoms with Crippen molar-refractivity contribution < 1.29 is 4.79 Å². The number of carbonyl (C=O) groups is 1. The summed E-state index contributed by atoms with van der Waals surface area (Å²) in [5.41, 5.74) is 8.35. The molecule has 19 heavy (non-hydrogen) atoms. The molecule has 0 spiro atoms. The van der Waals surface area contributed by atoms with Crippen LogP contribution >= 0.6 is 0 Å². The molecular formula is C16H22N2O. The first kappa shape index (κ1) is 12.7. The third kappa shape index (κ3) is 2.39. The number of nitrogens with two attached hydrogens (primary N) is 1. The Morgan fingerprint density at radius 3 is 2.84 bits per heavy atom. The summed E-state index contributed by atoms with van der Waals surface area (Å²) in [7, 11) is 0. The molecule has 1 fully saturated rings. The van der Waals surface area contributed by atoms with Gasteiger partial charge in [-0.2, -0.15) is 0 Å². The molecule has 0 saturated heterocycles. The van der Waals surface area contributed by atoms with Gasteiger partial charge in [0.05, 0.1) is 5.92 Å². The number of fused-ring (bicyclic) bond motifs is 1. The van der Waals surface area contributed by atoms with Crippen molar-refractivity contribution in [3.63, 3.8) is 0 Å². The monoisotopic (exact) mass is 258 g/mol. The average molecular weight is 258 g/mol. The first-order chi connectivity index (χ1) is 9.29. The van der Waals surface area contributed by atoms with Gasteiger partial charge in [0, 0.05) is 6.04 Å². The van der Waals surface area contributed by atoms with Gasteiger partial charge < -0.3 is 11.1 Å². The molecule has 0 heterocycles. The lowest BCUT2D eigenvalue weighted by atomic mass is 9.76. The Labute approximate surface area is 114 Å². The Kier molecular flexibility index (Phi) is 3.56. The van der Waals surface area contributed by atoms with Crippen LogP contribution in [-0.2, 0) is 11.2 Å². The van der Waals surface area contributed by atoms with Crippen LogP contribution in [-0.4, -0.2) is 18.5 Å². The largest absolute Gasteiger partial charge is 0.353 e. The van der Waals surface area contributed by atoms with Crippen molar-refractivity contribution in [2.75, 3.05) is 6.54 Å². The Morgan fingerprint density at radius 2 is 2.05 bits per heavy atom. The van der Waals surface area contributed by atoms with Gasteiger partial charge in [0.25, 0.3) is 0 Å². The third-order valence-corrected chi connectivity index (χ3v) is 4.71. The molecule has 1 saturated carbocycles. The lowest BCUT2D eigenvalue weighted by Gasteiger charge is -2.35. The topological polar surface area (TPSA) is 55.1 Å². The Balaban J connectivity index is 1.63. The molecule has 0 aromatic heterocycles. The summed E-state index contributed by atoms with van der Waals surface area (Å²) in [5, 5.41) is 3.24. The fraction of sp³-hybridized carbons (Fsp3) is 0.562. The van der Waals surface area contributed by atoms with E-state index in [4.69, 9.17) is 5.73 Å². The van der Waals surface area contributed by atoms with Gasteiger partial charge in [-0.1, -0.05) is 37.1 Å². The molecule has 3 heteroatoms. The zero-order valence-corrected chi connectivity index (χ0v) is 11.3. The van der Waals surface area contributed by atoms with Crippen molar-refractivity contribution in [3.05, 3.63) is 35.4 Å². The van der Waals surface area contributed by atoms with E-state index in [-0.39, 0.29) is 11.8 Å².